The van der Waals surface area contributed by atoms with Crippen LogP contribution in [0.2, 0.25) is 0 Å². The van der Waals surface area contributed by atoms with E-state index in [2.05, 4.69) is 154 Å². The third kappa shape index (κ3) is 62.4. The van der Waals surface area contributed by atoms with Crippen LogP contribution in [-0.2, 0) is 28.6 Å². The average Bonchev–Trinajstić information content (AvgIpc) is 3.44. The highest BCUT2D eigenvalue weighted by atomic mass is 16.6. The molecule has 0 heterocycles. The van der Waals surface area contributed by atoms with E-state index >= 15 is 0 Å². The Bertz CT molecular complexity index is 1670. The van der Waals surface area contributed by atoms with Crippen LogP contribution < -0.4 is 0 Å². The molecule has 1 unspecified atom stereocenters. The minimum atomic E-state index is -0.801. The monoisotopic (exact) mass is 1080 g/mol. The Labute approximate surface area is 481 Å². The lowest BCUT2D eigenvalue weighted by Crippen LogP contribution is -2.30. The largest absolute Gasteiger partial charge is 0.462 e. The zero-order valence-corrected chi connectivity index (χ0v) is 50.6. The van der Waals surface area contributed by atoms with Crippen molar-refractivity contribution in [3.8, 4) is 0 Å². The van der Waals surface area contributed by atoms with Gasteiger partial charge < -0.3 is 14.2 Å². The van der Waals surface area contributed by atoms with E-state index in [4.69, 9.17) is 14.2 Å². The summed E-state index contributed by atoms with van der Waals surface area (Å²) in [5.74, 6) is -0.927. The lowest BCUT2D eigenvalue weighted by atomic mass is 10.0. The molecule has 0 aromatic rings. The van der Waals surface area contributed by atoms with Crippen LogP contribution >= 0.6 is 0 Å². The second-order valence-corrected chi connectivity index (χ2v) is 20.9. The highest BCUT2D eigenvalue weighted by Crippen LogP contribution is 2.15. The third-order valence-electron chi connectivity index (χ3n) is 13.4. The van der Waals surface area contributed by atoms with Gasteiger partial charge in [-0.05, 0) is 128 Å². The predicted molar refractivity (Wildman–Crippen MR) is 339 cm³/mol. The van der Waals surface area contributed by atoms with E-state index in [1.54, 1.807) is 0 Å². The van der Waals surface area contributed by atoms with Crippen molar-refractivity contribution < 1.29 is 28.6 Å². The van der Waals surface area contributed by atoms with E-state index in [-0.39, 0.29) is 31.1 Å². The maximum Gasteiger partial charge on any atom is 0.306 e. The molecule has 0 aliphatic heterocycles. The van der Waals surface area contributed by atoms with Gasteiger partial charge in [-0.2, -0.15) is 0 Å². The molecule has 0 fully saturated rings. The molecule has 0 saturated heterocycles. The Balaban J connectivity index is 4.40. The van der Waals surface area contributed by atoms with Gasteiger partial charge in [-0.3, -0.25) is 14.4 Å². The third-order valence-corrected chi connectivity index (χ3v) is 13.4. The molecule has 0 N–H and O–H groups in total. The first-order chi connectivity index (χ1) is 38.5. The number of rotatable bonds is 57. The first-order valence-corrected chi connectivity index (χ1v) is 32.2. The summed E-state index contributed by atoms with van der Waals surface area (Å²) in [6.45, 7) is 6.35. The molecule has 0 aliphatic carbocycles. The van der Waals surface area contributed by atoms with Crippen molar-refractivity contribution in [1.29, 1.82) is 0 Å². The van der Waals surface area contributed by atoms with E-state index in [0.29, 0.717) is 19.3 Å². The van der Waals surface area contributed by atoms with E-state index in [9.17, 15) is 14.4 Å². The Hall–Kier alpha value is -4.45. The van der Waals surface area contributed by atoms with Crippen LogP contribution in [0, 0.1) is 0 Å². The fraction of sp³-hybridized carbons (Fsp3) is 0.653. The SMILES string of the molecule is CC/C=C\C/C=C\C/C=C\C/C=C\C/C=C\CCCCCCCC(=O)OC(COC(=O)CCCCCCC/C=C\C/C=C\CCCC)COC(=O)CCCCCCCCCCCCCC/C=C\C/C=C\C/C=C\C/C=C\CC. The van der Waals surface area contributed by atoms with Crippen molar-refractivity contribution in [2.45, 2.75) is 290 Å². The summed E-state index contributed by atoms with van der Waals surface area (Å²) >= 11 is 0. The standard InChI is InChI=1S/C72H118O6/c1-4-7-10-13-16-19-22-25-28-30-32-34-35-36-37-39-40-42-44-47-50-53-56-59-62-65-71(74)77-68-69(67-76-70(73)64-61-58-55-52-49-46-27-24-21-18-15-12-9-6-3)78-72(75)66-63-60-57-54-51-48-45-43-41-38-33-31-29-26-23-20-17-14-11-8-5-2/h7-8,10-11,15-20,24-29,32-34,38,43,45,69H,4-6,9,12-14,21-23,30-31,35-37,39-42,44,46-68H2,1-3H3/b10-7-,11-8-,18-15-,19-16-,20-17-,27-24-,28-25-,29-26-,34-32-,38-33-,45-43-. The number of carbonyl (C=O) groups excluding carboxylic acids is 3. The molecule has 0 spiro atoms. The van der Waals surface area contributed by atoms with Gasteiger partial charge in [-0.15, -0.1) is 0 Å². The van der Waals surface area contributed by atoms with Crippen molar-refractivity contribution in [3.05, 3.63) is 134 Å². The smallest absolute Gasteiger partial charge is 0.306 e. The molecule has 1 atom stereocenters. The molecule has 0 aliphatic rings. The lowest BCUT2D eigenvalue weighted by molar-refractivity contribution is -0.167. The molecule has 0 aromatic carbocycles. The van der Waals surface area contributed by atoms with E-state index < -0.39 is 6.10 Å². The zero-order valence-electron chi connectivity index (χ0n) is 50.6. The molecule has 0 amide bonds. The quantitative estimate of drug-likeness (QED) is 0.0261. The fourth-order valence-electron chi connectivity index (χ4n) is 8.59. The molecular formula is C72H118O6. The van der Waals surface area contributed by atoms with Crippen molar-refractivity contribution in [3.63, 3.8) is 0 Å². The highest BCUT2D eigenvalue weighted by Gasteiger charge is 2.19. The van der Waals surface area contributed by atoms with Crippen LogP contribution in [0.4, 0.5) is 0 Å². The van der Waals surface area contributed by atoms with Crippen molar-refractivity contribution >= 4 is 17.9 Å². The molecule has 0 radical (unpaired) electrons. The van der Waals surface area contributed by atoms with Gasteiger partial charge in [0.2, 0.25) is 0 Å². The number of unbranched alkanes of at least 4 members (excludes halogenated alkanes) is 24. The Morgan fingerprint density at radius 2 is 0.500 bits per heavy atom. The van der Waals surface area contributed by atoms with E-state index in [1.807, 2.05) is 0 Å². The molecule has 442 valence electrons. The van der Waals surface area contributed by atoms with Gasteiger partial charge in [-0.1, -0.05) is 270 Å². The number of ether oxygens (including phenoxy) is 3. The van der Waals surface area contributed by atoms with Gasteiger partial charge in [0.1, 0.15) is 13.2 Å². The van der Waals surface area contributed by atoms with Crippen LogP contribution in [0.15, 0.2) is 134 Å². The van der Waals surface area contributed by atoms with Gasteiger partial charge in [-0.25, -0.2) is 0 Å². The summed E-state index contributed by atoms with van der Waals surface area (Å²) in [5, 5.41) is 0. The second kappa shape index (κ2) is 65.1. The molecule has 0 aromatic heterocycles. The molecule has 0 rings (SSSR count). The first-order valence-electron chi connectivity index (χ1n) is 32.2. The van der Waals surface area contributed by atoms with Gasteiger partial charge in [0, 0.05) is 19.3 Å². The van der Waals surface area contributed by atoms with Crippen LogP contribution in [0.1, 0.15) is 284 Å². The Kier molecular flexibility index (Phi) is 61.4. The van der Waals surface area contributed by atoms with Gasteiger partial charge in [0.05, 0.1) is 0 Å². The lowest BCUT2D eigenvalue weighted by Gasteiger charge is -2.18. The molecule has 6 nitrogen and oxygen atoms in total. The zero-order chi connectivity index (χ0) is 56.4. The summed E-state index contributed by atoms with van der Waals surface area (Å²) in [7, 11) is 0. The maximum absolute atomic E-state index is 12.9. The summed E-state index contributed by atoms with van der Waals surface area (Å²) in [6, 6.07) is 0. The molecule has 78 heavy (non-hydrogen) atoms. The predicted octanol–water partition coefficient (Wildman–Crippen LogP) is 22.2. The topological polar surface area (TPSA) is 78.9 Å². The summed E-state index contributed by atoms with van der Waals surface area (Å²) in [6.07, 6.45) is 91.6. The first kappa shape index (κ1) is 73.5. The summed E-state index contributed by atoms with van der Waals surface area (Å²) < 4.78 is 16.9. The van der Waals surface area contributed by atoms with Crippen LogP contribution in [0.5, 0.6) is 0 Å². The number of allylic oxidation sites excluding steroid dienone is 22. The highest BCUT2D eigenvalue weighted by molar-refractivity contribution is 5.71. The van der Waals surface area contributed by atoms with Crippen LogP contribution in [0.3, 0.4) is 0 Å². The van der Waals surface area contributed by atoms with Gasteiger partial charge in [0.15, 0.2) is 6.10 Å². The minimum absolute atomic E-state index is 0.0947. The minimum Gasteiger partial charge on any atom is -0.462 e. The van der Waals surface area contributed by atoms with Crippen molar-refractivity contribution in [1.82, 2.24) is 0 Å². The molecule has 0 saturated carbocycles. The van der Waals surface area contributed by atoms with Crippen molar-refractivity contribution in [2.75, 3.05) is 13.2 Å². The van der Waals surface area contributed by atoms with Crippen molar-refractivity contribution in [2.24, 2.45) is 0 Å². The number of esters is 3. The molecular weight excluding hydrogens is 961 g/mol. The fourth-order valence-corrected chi connectivity index (χ4v) is 8.59. The number of hydrogen-bond acceptors (Lipinski definition) is 6. The second-order valence-electron chi connectivity index (χ2n) is 20.9. The number of carbonyl (C=O) groups is 3. The van der Waals surface area contributed by atoms with Gasteiger partial charge in [0.25, 0.3) is 0 Å². The number of hydrogen-bond donors (Lipinski definition) is 0. The van der Waals surface area contributed by atoms with E-state index in [1.165, 1.54) is 83.5 Å². The molecule has 6 heteroatoms. The molecule has 0 bridgehead atoms. The maximum atomic E-state index is 12.9. The average molecular weight is 1080 g/mol. The summed E-state index contributed by atoms with van der Waals surface area (Å²) in [5.41, 5.74) is 0. The van der Waals surface area contributed by atoms with Gasteiger partial charge >= 0.3 is 17.9 Å². The normalized spacial score (nSPS) is 13.0. The Morgan fingerprint density at radius 1 is 0.269 bits per heavy atom. The van der Waals surface area contributed by atoms with Crippen LogP contribution in [0.25, 0.3) is 0 Å². The van der Waals surface area contributed by atoms with Crippen LogP contribution in [-0.4, -0.2) is 37.2 Å². The van der Waals surface area contributed by atoms with E-state index in [0.717, 1.165) is 161 Å². The Morgan fingerprint density at radius 3 is 0.782 bits per heavy atom. The summed E-state index contributed by atoms with van der Waals surface area (Å²) in [4.78, 5) is 38.3.